The van der Waals surface area contributed by atoms with E-state index < -0.39 is 0 Å². The zero-order chi connectivity index (χ0) is 29.0. The van der Waals surface area contributed by atoms with Crippen molar-refractivity contribution in [2.75, 3.05) is 6.61 Å². The molecule has 0 aromatic carbocycles. The molecular formula is C37H68O2. The van der Waals surface area contributed by atoms with Crippen LogP contribution in [0.5, 0.6) is 0 Å². The number of rotatable bonds is 27. The Labute approximate surface area is 245 Å². The van der Waals surface area contributed by atoms with Crippen molar-refractivity contribution in [1.29, 1.82) is 0 Å². The van der Waals surface area contributed by atoms with Crippen LogP contribution < -0.4 is 0 Å². The molecule has 0 N–H and O–H groups in total. The molecule has 3 unspecified atom stereocenters. The molecule has 0 radical (unpaired) electrons. The number of hydrogen-bond donors (Lipinski definition) is 0. The first-order valence-electron chi connectivity index (χ1n) is 16.9. The van der Waals surface area contributed by atoms with Gasteiger partial charge in [0, 0.05) is 6.42 Å². The van der Waals surface area contributed by atoms with E-state index in [1.165, 1.54) is 83.5 Å². The van der Waals surface area contributed by atoms with Crippen molar-refractivity contribution in [3.63, 3.8) is 0 Å². The molecule has 0 aromatic heterocycles. The lowest BCUT2D eigenvalue weighted by atomic mass is 9.91. The summed E-state index contributed by atoms with van der Waals surface area (Å²) in [6.07, 6.45) is 36.2. The van der Waals surface area contributed by atoms with Crippen molar-refractivity contribution in [2.24, 2.45) is 23.7 Å². The highest BCUT2D eigenvalue weighted by molar-refractivity contribution is 5.69. The van der Waals surface area contributed by atoms with Crippen LogP contribution in [0.4, 0.5) is 0 Å². The molecule has 2 heteroatoms. The van der Waals surface area contributed by atoms with Crippen LogP contribution in [-0.4, -0.2) is 12.6 Å². The topological polar surface area (TPSA) is 26.3 Å². The summed E-state index contributed by atoms with van der Waals surface area (Å²) in [7, 11) is 0. The van der Waals surface area contributed by atoms with E-state index in [-0.39, 0.29) is 5.97 Å². The van der Waals surface area contributed by atoms with Crippen molar-refractivity contribution in [3.05, 3.63) is 36.5 Å². The molecule has 0 aromatic rings. The van der Waals surface area contributed by atoms with Gasteiger partial charge in [-0.3, -0.25) is 4.79 Å². The minimum absolute atomic E-state index is 0.000304. The van der Waals surface area contributed by atoms with E-state index in [0.717, 1.165) is 49.9 Å². The molecule has 2 nitrogen and oxygen atoms in total. The average molecular weight is 545 g/mol. The number of unbranched alkanes of at least 4 members (excludes halogenated alkanes) is 5. The van der Waals surface area contributed by atoms with Crippen molar-refractivity contribution >= 4 is 5.97 Å². The second kappa shape index (κ2) is 28.2. The van der Waals surface area contributed by atoms with Crippen LogP contribution in [0.3, 0.4) is 0 Å². The van der Waals surface area contributed by atoms with Gasteiger partial charge < -0.3 is 4.74 Å². The lowest BCUT2D eigenvalue weighted by molar-refractivity contribution is -0.144. The van der Waals surface area contributed by atoms with Gasteiger partial charge in [-0.2, -0.15) is 0 Å². The second-order valence-electron chi connectivity index (χ2n) is 12.8. The van der Waals surface area contributed by atoms with Gasteiger partial charge in [0.05, 0.1) is 6.61 Å². The van der Waals surface area contributed by atoms with Crippen LogP contribution in [0.2, 0.25) is 0 Å². The maximum absolute atomic E-state index is 12.0. The summed E-state index contributed by atoms with van der Waals surface area (Å²) < 4.78 is 5.51. The molecule has 39 heavy (non-hydrogen) atoms. The van der Waals surface area contributed by atoms with Crippen LogP contribution in [0, 0.1) is 23.7 Å². The zero-order valence-corrected chi connectivity index (χ0v) is 27.2. The summed E-state index contributed by atoms with van der Waals surface area (Å²) in [5.74, 6) is 3.23. The standard InChI is InChI=1S/C37H68O2/c1-7-8-9-10-11-12-13-14-15-16-17-18-19-20-30-37(38)39-32-31-36(6)29-23-28-35(5)27-22-26-34(4)25-21-24-33(2)3/h7-8,10-11,13-14,33-36H,9,12,15-32H2,1-6H3/b8-7+,11-10+,14-13+. The first-order chi connectivity index (χ1) is 18.8. The number of esters is 1. The predicted molar refractivity (Wildman–Crippen MR) is 174 cm³/mol. The fourth-order valence-corrected chi connectivity index (χ4v) is 5.14. The summed E-state index contributed by atoms with van der Waals surface area (Å²) in [6, 6.07) is 0. The molecule has 0 bridgehead atoms. The Morgan fingerprint density at radius 3 is 1.64 bits per heavy atom. The zero-order valence-electron chi connectivity index (χ0n) is 27.2. The van der Waals surface area contributed by atoms with Gasteiger partial charge in [0.2, 0.25) is 0 Å². The Morgan fingerprint density at radius 2 is 1.05 bits per heavy atom. The number of allylic oxidation sites excluding steroid dienone is 6. The fraction of sp³-hybridized carbons (Fsp3) is 0.811. The highest BCUT2D eigenvalue weighted by Gasteiger charge is 2.09. The van der Waals surface area contributed by atoms with Gasteiger partial charge >= 0.3 is 5.97 Å². The summed E-state index contributed by atoms with van der Waals surface area (Å²) in [4.78, 5) is 12.0. The van der Waals surface area contributed by atoms with E-state index in [2.05, 4.69) is 78.0 Å². The first-order valence-corrected chi connectivity index (χ1v) is 16.9. The van der Waals surface area contributed by atoms with Gasteiger partial charge in [-0.15, -0.1) is 0 Å². The number of carbonyl (C=O) groups is 1. The summed E-state index contributed by atoms with van der Waals surface area (Å²) in [5.41, 5.74) is 0. The maximum Gasteiger partial charge on any atom is 0.305 e. The first kappa shape index (κ1) is 37.7. The molecule has 0 amide bonds. The van der Waals surface area contributed by atoms with Crippen LogP contribution in [0.25, 0.3) is 0 Å². The predicted octanol–water partition coefficient (Wildman–Crippen LogP) is 12.2. The summed E-state index contributed by atoms with van der Waals surface area (Å²) in [6.45, 7) is 14.5. The Balaban J connectivity index is 3.54. The molecule has 3 atom stereocenters. The number of carbonyl (C=O) groups excluding carboxylic acids is 1. The highest BCUT2D eigenvalue weighted by atomic mass is 16.5. The summed E-state index contributed by atoms with van der Waals surface area (Å²) in [5, 5.41) is 0. The molecule has 0 heterocycles. The SMILES string of the molecule is C/C=C/C/C=C/C/C=C/CCCCCCCC(=O)OCCC(C)CCCC(C)CCCC(C)CCCC(C)C. The van der Waals surface area contributed by atoms with Crippen molar-refractivity contribution < 1.29 is 9.53 Å². The molecule has 0 fully saturated rings. The van der Waals surface area contributed by atoms with Gasteiger partial charge in [-0.1, -0.05) is 148 Å². The van der Waals surface area contributed by atoms with Crippen LogP contribution in [0.1, 0.15) is 164 Å². The van der Waals surface area contributed by atoms with Gasteiger partial charge in [0.15, 0.2) is 0 Å². The van der Waals surface area contributed by atoms with E-state index in [4.69, 9.17) is 4.74 Å². The fourth-order valence-electron chi connectivity index (χ4n) is 5.14. The van der Waals surface area contributed by atoms with E-state index in [1.54, 1.807) is 0 Å². The molecule has 0 spiro atoms. The van der Waals surface area contributed by atoms with Crippen molar-refractivity contribution in [3.8, 4) is 0 Å². The Hall–Kier alpha value is -1.31. The quantitative estimate of drug-likeness (QED) is 0.0584. The van der Waals surface area contributed by atoms with Crippen LogP contribution in [-0.2, 0) is 9.53 Å². The Bertz CT molecular complexity index is 615. The van der Waals surface area contributed by atoms with Crippen molar-refractivity contribution in [1.82, 2.24) is 0 Å². The normalized spacial score (nSPS) is 14.6. The van der Waals surface area contributed by atoms with Gasteiger partial charge in [0.25, 0.3) is 0 Å². The summed E-state index contributed by atoms with van der Waals surface area (Å²) >= 11 is 0. The van der Waals surface area contributed by atoms with Crippen LogP contribution >= 0.6 is 0 Å². The monoisotopic (exact) mass is 545 g/mol. The number of ether oxygens (including phenoxy) is 1. The lowest BCUT2D eigenvalue weighted by Gasteiger charge is -2.16. The molecule has 0 aliphatic carbocycles. The minimum atomic E-state index is -0.000304. The van der Waals surface area contributed by atoms with Crippen LogP contribution in [0.15, 0.2) is 36.5 Å². The van der Waals surface area contributed by atoms with E-state index in [1.807, 2.05) is 0 Å². The Morgan fingerprint density at radius 1 is 0.564 bits per heavy atom. The van der Waals surface area contributed by atoms with Gasteiger partial charge in [-0.25, -0.2) is 0 Å². The Kier molecular flexibility index (Phi) is 27.3. The molecule has 0 aliphatic rings. The third-order valence-electron chi connectivity index (χ3n) is 8.00. The molecule has 228 valence electrons. The van der Waals surface area contributed by atoms with E-state index in [9.17, 15) is 4.79 Å². The smallest absolute Gasteiger partial charge is 0.305 e. The highest BCUT2D eigenvalue weighted by Crippen LogP contribution is 2.22. The van der Waals surface area contributed by atoms with Gasteiger partial charge in [-0.05, 0) is 69.1 Å². The second-order valence-corrected chi connectivity index (χ2v) is 12.8. The molecule has 0 aliphatic heterocycles. The largest absolute Gasteiger partial charge is 0.466 e. The third kappa shape index (κ3) is 29.5. The lowest BCUT2D eigenvalue weighted by Crippen LogP contribution is -2.09. The molecule has 0 saturated carbocycles. The molecule has 0 saturated heterocycles. The third-order valence-corrected chi connectivity index (χ3v) is 8.00. The average Bonchev–Trinajstić information content (AvgIpc) is 2.88. The maximum atomic E-state index is 12.0. The van der Waals surface area contributed by atoms with E-state index >= 15 is 0 Å². The minimum Gasteiger partial charge on any atom is -0.466 e. The van der Waals surface area contributed by atoms with E-state index in [0.29, 0.717) is 18.9 Å². The number of hydrogen-bond acceptors (Lipinski definition) is 2. The van der Waals surface area contributed by atoms with Gasteiger partial charge in [0.1, 0.15) is 0 Å². The molecule has 0 rings (SSSR count). The van der Waals surface area contributed by atoms with Crippen molar-refractivity contribution in [2.45, 2.75) is 164 Å². The molecular weight excluding hydrogens is 476 g/mol.